The Morgan fingerprint density at radius 2 is 1.74 bits per heavy atom. The summed E-state index contributed by atoms with van der Waals surface area (Å²) in [6.07, 6.45) is 3.30. The lowest BCUT2D eigenvalue weighted by molar-refractivity contribution is 0.423. The first kappa shape index (κ1) is 17.7. The number of benzene rings is 3. The van der Waals surface area contributed by atoms with Crippen molar-refractivity contribution < 1.29 is 9.15 Å². The van der Waals surface area contributed by atoms with Crippen LogP contribution in [0.5, 0.6) is 11.6 Å². The molecule has 0 saturated carbocycles. The van der Waals surface area contributed by atoms with Crippen LogP contribution in [0.2, 0.25) is 0 Å². The van der Waals surface area contributed by atoms with Crippen molar-refractivity contribution in [3.63, 3.8) is 0 Å². The predicted molar refractivity (Wildman–Crippen MR) is 117 cm³/mol. The number of rotatable bonds is 3. The summed E-state index contributed by atoms with van der Waals surface area (Å²) in [7, 11) is 0. The lowest BCUT2D eigenvalue weighted by Crippen LogP contribution is -2.30. The van der Waals surface area contributed by atoms with E-state index in [1.807, 2.05) is 42.5 Å². The molecule has 0 bridgehead atoms. The first-order chi connectivity index (χ1) is 15.3. The zero-order valence-corrected chi connectivity index (χ0v) is 16.7. The van der Waals surface area contributed by atoms with E-state index in [0.29, 0.717) is 17.9 Å². The number of hydrogen-bond acceptors (Lipinski definition) is 4. The molecule has 31 heavy (non-hydrogen) atoms. The Balaban J connectivity index is 1.60. The maximum atomic E-state index is 9.01. The van der Waals surface area contributed by atoms with Crippen LogP contribution in [0.15, 0.2) is 95.9 Å². The molecular formula is C26H19N3O2. The third-order valence-corrected chi connectivity index (χ3v) is 5.83. The second-order valence-electron chi connectivity index (χ2n) is 7.67. The molecule has 1 aliphatic rings. The standard InChI is InChI=1S/C26H19N3O2/c27-25-23-22(18-8-2-1-3-9-18)21-13-12-17-7-4-5-11-20(17)24(21)31-26(23)28-16-29(25)15-19-10-6-14-30-19/h1-14,16,22,27H,15H2/t22-/m1/s1. The summed E-state index contributed by atoms with van der Waals surface area (Å²) in [4.78, 5) is 4.62. The number of hydrogen-bond donors (Lipinski definition) is 1. The van der Waals surface area contributed by atoms with Crippen LogP contribution < -0.4 is 10.2 Å². The normalized spacial score (nSPS) is 14.6. The monoisotopic (exact) mass is 405 g/mol. The van der Waals surface area contributed by atoms with Crippen LogP contribution in [0.25, 0.3) is 10.8 Å². The molecule has 3 aromatic carbocycles. The van der Waals surface area contributed by atoms with Gasteiger partial charge in [-0.2, -0.15) is 0 Å². The average molecular weight is 405 g/mol. The quantitative estimate of drug-likeness (QED) is 0.426. The number of nitrogens with zero attached hydrogens (tertiary/aromatic N) is 2. The van der Waals surface area contributed by atoms with E-state index in [0.717, 1.165) is 39.0 Å². The molecule has 2 aromatic heterocycles. The molecule has 6 rings (SSSR count). The summed E-state index contributed by atoms with van der Waals surface area (Å²) in [5, 5.41) is 11.2. The Kier molecular flexibility index (Phi) is 3.99. The molecule has 0 aliphatic carbocycles. The fourth-order valence-electron chi connectivity index (χ4n) is 4.38. The van der Waals surface area contributed by atoms with Gasteiger partial charge in [0.25, 0.3) is 0 Å². The molecule has 150 valence electrons. The van der Waals surface area contributed by atoms with Crippen molar-refractivity contribution in [2.45, 2.75) is 12.5 Å². The van der Waals surface area contributed by atoms with Crippen molar-refractivity contribution in [3.05, 3.63) is 119 Å². The second kappa shape index (κ2) is 6.99. The Labute approximate surface area is 178 Å². The molecule has 0 unspecified atom stereocenters. The van der Waals surface area contributed by atoms with Gasteiger partial charge in [0.1, 0.15) is 23.3 Å². The fraction of sp³-hybridized carbons (Fsp3) is 0.0769. The molecule has 5 heteroatoms. The van der Waals surface area contributed by atoms with E-state index in [-0.39, 0.29) is 5.92 Å². The van der Waals surface area contributed by atoms with Gasteiger partial charge in [-0.1, -0.05) is 66.7 Å². The van der Waals surface area contributed by atoms with Gasteiger partial charge < -0.3 is 13.7 Å². The summed E-state index contributed by atoms with van der Waals surface area (Å²) in [5.41, 5.74) is 3.29. The predicted octanol–water partition coefficient (Wildman–Crippen LogP) is 5.44. The summed E-state index contributed by atoms with van der Waals surface area (Å²) < 4.78 is 13.6. The second-order valence-corrected chi connectivity index (χ2v) is 7.67. The van der Waals surface area contributed by atoms with E-state index in [9.17, 15) is 0 Å². The highest BCUT2D eigenvalue weighted by Gasteiger charge is 2.33. The lowest BCUT2D eigenvalue weighted by Gasteiger charge is -2.29. The molecular weight excluding hydrogens is 386 g/mol. The maximum Gasteiger partial charge on any atom is 0.228 e. The minimum absolute atomic E-state index is 0.145. The SMILES string of the molecule is N=c1c2c(ncn1Cc1ccco1)Oc1c(ccc3ccccc13)[C@H]2c1ccccc1. The number of aromatic nitrogens is 2. The Morgan fingerprint density at radius 1 is 0.903 bits per heavy atom. The lowest BCUT2D eigenvalue weighted by atomic mass is 9.83. The first-order valence-electron chi connectivity index (χ1n) is 10.2. The fourth-order valence-corrected chi connectivity index (χ4v) is 4.38. The third kappa shape index (κ3) is 2.86. The van der Waals surface area contributed by atoms with E-state index in [4.69, 9.17) is 14.6 Å². The summed E-state index contributed by atoms with van der Waals surface area (Å²) in [5.74, 6) is 1.93. The first-order valence-corrected chi connectivity index (χ1v) is 10.2. The summed E-state index contributed by atoms with van der Waals surface area (Å²) in [6, 6.07) is 26.4. The van der Waals surface area contributed by atoms with Gasteiger partial charge in [0.05, 0.1) is 18.4 Å². The maximum absolute atomic E-state index is 9.01. The van der Waals surface area contributed by atoms with Gasteiger partial charge in [0.15, 0.2) is 0 Å². The smallest absolute Gasteiger partial charge is 0.228 e. The summed E-state index contributed by atoms with van der Waals surface area (Å²) in [6.45, 7) is 0.443. The van der Waals surface area contributed by atoms with Crippen molar-refractivity contribution in [2.24, 2.45) is 0 Å². The van der Waals surface area contributed by atoms with Crippen LogP contribution in [0, 0.1) is 5.41 Å². The van der Waals surface area contributed by atoms with Crippen LogP contribution in [0.1, 0.15) is 28.4 Å². The van der Waals surface area contributed by atoms with E-state index >= 15 is 0 Å². The van der Waals surface area contributed by atoms with Crippen LogP contribution in [-0.4, -0.2) is 9.55 Å². The van der Waals surface area contributed by atoms with Gasteiger partial charge in [-0.15, -0.1) is 0 Å². The Morgan fingerprint density at radius 3 is 2.58 bits per heavy atom. The highest BCUT2D eigenvalue weighted by Crippen LogP contribution is 2.47. The Bertz CT molecular complexity index is 1450. The molecule has 0 spiro atoms. The molecule has 0 radical (unpaired) electrons. The van der Waals surface area contributed by atoms with Gasteiger partial charge in [-0.3, -0.25) is 5.41 Å². The number of fused-ring (bicyclic) bond motifs is 4. The van der Waals surface area contributed by atoms with Gasteiger partial charge >= 0.3 is 0 Å². The largest absolute Gasteiger partial charge is 0.467 e. The van der Waals surface area contributed by atoms with Crippen LogP contribution in [-0.2, 0) is 6.54 Å². The molecule has 3 heterocycles. The topological polar surface area (TPSA) is 64.0 Å². The van der Waals surface area contributed by atoms with E-state index in [1.54, 1.807) is 17.2 Å². The van der Waals surface area contributed by atoms with Crippen LogP contribution >= 0.6 is 0 Å². The highest BCUT2D eigenvalue weighted by atomic mass is 16.5. The zero-order chi connectivity index (χ0) is 20.8. The number of nitrogens with one attached hydrogen (secondary N) is 1. The molecule has 1 aliphatic heterocycles. The number of furan rings is 1. The zero-order valence-electron chi connectivity index (χ0n) is 16.7. The summed E-state index contributed by atoms with van der Waals surface area (Å²) >= 11 is 0. The molecule has 0 amide bonds. The van der Waals surface area contributed by atoms with Crippen molar-refractivity contribution in [1.29, 1.82) is 5.41 Å². The molecule has 5 aromatic rings. The Hall–Kier alpha value is -4.12. The molecule has 1 atom stereocenters. The average Bonchev–Trinajstić information content (AvgIpc) is 3.33. The van der Waals surface area contributed by atoms with E-state index in [2.05, 4.69) is 41.4 Å². The van der Waals surface area contributed by atoms with E-state index in [1.165, 1.54) is 0 Å². The van der Waals surface area contributed by atoms with E-state index < -0.39 is 0 Å². The van der Waals surface area contributed by atoms with Gasteiger partial charge in [-0.25, -0.2) is 4.98 Å². The molecule has 5 nitrogen and oxygen atoms in total. The number of ether oxygens (including phenoxy) is 1. The minimum atomic E-state index is -0.145. The van der Waals surface area contributed by atoms with Crippen LogP contribution in [0.3, 0.4) is 0 Å². The van der Waals surface area contributed by atoms with Gasteiger partial charge in [-0.05, 0) is 23.1 Å². The van der Waals surface area contributed by atoms with Gasteiger partial charge in [0.2, 0.25) is 5.88 Å². The third-order valence-electron chi connectivity index (χ3n) is 5.83. The van der Waals surface area contributed by atoms with Crippen LogP contribution in [0.4, 0.5) is 0 Å². The minimum Gasteiger partial charge on any atom is -0.467 e. The molecule has 1 N–H and O–H groups in total. The highest BCUT2D eigenvalue weighted by molar-refractivity contribution is 5.91. The molecule has 0 fully saturated rings. The van der Waals surface area contributed by atoms with Gasteiger partial charge in [0, 0.05) is 16.9 Å². The van der Waals surface area contributed by atoms with Crippen molar-refractivity contribution in [3.8, 4) is 11.6 Å². The van der Waals surface area contributed by atoms with Crippen molar-refractivity contribution >= 4 is 10.8 Å². The molecule has 0 saturated heterocycles. The van der Waals surface area contributed by atoms with Crippen molar-refractivity contribution in [2.75, 3.05) is 0 Å². The van der Waals surface area contributed by atoms with Crippen molar-refractivity contribution in [1.82, 2.24) is 9.55 Å².